The summed E-state index contributed by atoms with van der Waals surface area (Å²) in [5.74, 6) is -0.369. The molecular weight excluding hydrogens is 303 g/mol. The summed E-state index contributed by atoms with van der Waals surface area (Å²) in [6, 6.07) is 8.61. The zero-order valence-corrected chi connectivity index (χ0v) is 12.3. The molecule has 6 heteroatoms. The predicted molar refractivity (Wildman–Crippen MR) is 80.6 cm³/mol. The van der Waals surface area contributed by atoms with Gasteiger partial charge < -0.3 is 0 Å². The first-order valence-electron chi connectivity index (χ1n) is 5.41. The topological polar surface area (TPSA) is 41.5 Å². The van der Waals surface area contributed by atoms with E-state index in [9.17, 15) is 4.79 Å². The number of hydrazone groups is 1. The molecule has 1 heterocycles. The van der Waals surface area contributed by atoms with E-state index in [4.69, 9.17) is 23.2 Å². The number of hydrogen-bond donors (Lipinski definition) is 1. The van der Waals surface area contributed by atoms with Crippen molar-refractivity contribution in [2.45, 2.75) is 6.92 Å². The van der Waals surface area contributed by atoms with E-state index in [0.717, 1.165) is 4.88 Å². The number of hydrogen-bond acceptors (Lipinski definition) is 3. The molecule has 0 saturated carbocycles. The number of carbonyl (C=O) groups is 1. The lowest BCUT2D eigenvalue weighted by molar-refractivity contribution is 0.0955. The number of rotatable bonds is 3. The molecule has 1 aromatic carbocycles. The normalized spacial score (nSPS) is 10.9. The largest absolute Gasteiger partial charge is 0.272 e. The lowest BCUT2D eigenvalue weighted by Crippen LogP contribution is -2.17. The highest BCUT2D eigenvalue weighted by Crippen LogP contribution is 2.20. The number of halogens is 2. The van der Waals surface area contributed by atoms with E-state index in [1.165, 1.54) is 10.9 Å². The summed E-state index contributed by atoms with van der Waals surface area (Å²) in [5, 5.41) is 4.67. The van der Waals surface area contributed by atoms with Crippen molar-refractivity contribution in [3.05, 3.63) is 55.7 Å². The minimum atomic E-state index is -0.369. The molecule has 3 nitrogen and oxygen atoms in total. The van der Waals surface area contributed by atoms with Crippen LogP contribution in [-0.2, 0) is 0 Å². The number of nitrogens with one attached hydrogen (secondary N) is 1. The molecule has 0 bridgehead atoms. The van der Waals surface area contributed by atoms with Crippen LogP contribution in [0.25, 0.3) is 0 Å². The molecule has 0 aliphatic carbocycles. The number of carbonyl (C=O) groups excluding carboxylic acids is 1. The van der Waals surface area contributed by atoms with Gasteiger partial charge in [-0.3, -0.25) is 4.79 Å². The van der Waals surface area contributed by atoms with Crippen LogP contribution >= 0.6 is 34.5 Å². The van der Waals surface area contributed by atoms with Crippen LogP contribution in [0, 0.1) is 6.92 Å². The Labute approximate surface area is 124 Å². The van der Waals surface area contributed by atoms with Crippen molar-refractivity contribution in [3.63, 3.8) is 0 Å². The van der Waals surface area contributed by atoms with Gasteiger partial charge in [0.1, 0.15) is 0 Å². The quantitative estimate of drug-likeness (QED) is 0.672. The van der Waals surface area contributed by atoms with Crippen LogP contribution < -0.4 is 5.43 Å². The Morgan fingerprint density at radius 1 is 1.32 bits per heavy atom. The molecule has 19 heavy (non-hydrogen) atoms. The molecule has 0 atom stereocenters. The minimum Gasteiger partial charge on any atom is -0.267 e. The number of nitrogens with zero attached hydrogens (tertiary/aromatic N) is 1. The van der Waals surface area contributed by atoms with Gasteiger partial charge in [0.05, 0.1) is 16.8 Å². The van der Waals surface area contributed by atoms with Crippen molar-refractivity contribution in [1.29, 1.82) is 0 Å². The van der Waals surface area contributed by atoms with Gasteiger partial charge in [-0.25, -0.2) is 5.43 Å². The highest BCUT2D eigenvalue weighted by atomic mass is 35.5. The molecule has 0 spiro atoms. The molecule has 1 aromatic heterocycles. The maximum Gasteiger partial charge on any atom is 0.272 e. The highest BCUT2D eigenvalue weighted by Gasteiger charge is 2.09. The molecule has 98 valence electrons. The predicted octanol–water partition coefficient (Wildman–Crippen LogP) is 4.13. The van der Waals surface area contributed by atoms with Gasteiger partial charge in [0.25, 0.3) is 5.91 Å². The zero-order chi connectivity index (χ0) is 13.8. The van der Waals surface area contributed by atoms with Gasteiger partial charge in [0.15, 0.2) is 0 Å². The van der Waals surface area contributed by atoms with Crippen LogP contribution in [0.3, 0.4) is 0 Å². The first-order chi connectivity index (χ1) is 9.06. The fraction of sp³-hybridized carbons (Fsp3) is 0.0769. The molecule has 2 rings (SSSR count). The Balaban J connectivity index is 2.03. The zero-order valence-electron chi connectivity index (χ0n) is 9.98. The van der Waals surface area contributed by atoms with Gasteiger partial charge in [-0.1, -0.05) is 23.2 Å². The molecule has 0 radical (unpaired) electrons. The lowest BCUT2D eigenvalue weighted by atomic mass is 10.2. The van der Waals surface area contributed by atoms with Crippen molar-refractivity contribution in [2.24, 2.45) is 5.10 Å². The van der Waals surface area contributed by atoms with Crippen molar-refractivity contribution in [3.8, 4) is 0 Å². The molecule has 2 aromatic rings. The van der Waals surface area contributed by atoms with Gasteiger partial charge in [-0.2, -0.15) is 5.10 Å². The third-order valence-corrected chi connectivity index (χ3v) is 3.78. The maximum atomic E-state index is 11.8. The fourth-order valence-corrected chi connectivity index (χ4v) is 2.65. The minimum absolute atomic E-state index is 0.298. The summed E-state index contributed by atoms with van der Waals surface area (Å²) < 4.78 is 0. The standard InChI is InChI=1S/C13H10Cl2N2OS/c1-8-2-4-10(19-8)7-16-17-13(18)11-5-3-9(14)6-12(11)15/h2-7H,1H3,(H,17,18). The third-order valence-electron chi connectivity index (χ3n) is 2.29. The molecule has 0 saturated heterocycles. The van der Waals surface area contributed by atoms with Crippen LogP contribution in [0.2, 0.25) is 10.0 Å². The second kappa shape index (κ2) is 6.19. The number of aryl methyl sites for hydroxylation is 1. The van der Waals surface area contributed by atoms with Gasteiger partial charge in [0, 0.05) is 14.8 Å². The van der Waals surface area contributed by atoms with Gasteiger partial charge in [0.2, 0.25) is 0 Å². The SMILES string of the molecule is Cc1ccc(C=NNC(=O)c2ccc(Cl)cc2Cl)s1. The van der Waals surface area contributed by atoms with E-state index >= 15 is 0 Å². The van der Waals surface area contributed by atoms with E-state index in [1.807, 2.05) is 19.1 Å². The maximum absolute atomic E-state index is 11.8. The molecule has 0 aliphatic rings. The Hall–Kier alpha value is -1.36. The van der Waals surface area contributed by atoms with Crippen molar-refractivity contribution in [2.75, 3.05) is 0 Å². The summed E-state index contributed by atoms with van der Waals surface area (Å²) in [5.41, 5.74) is 2.77. The lowest BCUT2D eigenvalue weighted by Gasteiger charge is -2.02. The average Bonchev–Trinajstić information content (AvgIpc) is 2.75. The second-order valence-corrected chi connectivity index (χ2v) is 5.93. The van der Waals surface area contributed by atoms with Crippen molar-refractivity contribution < 1.29 is 4.79 Å². The van der Waals surface area contributed by atoms with E-state index in [2.05, 4.69) is 10.5 Å². The molecule has 1 N–H and O–H groups in total. The summed E-state index contributed by atoms with van der Waals surface area (Å²) >= 11 is 13.3. The Morgan fingerprint density at radius 3 is 2.74 bits per heavy atom. The number of thiophene rings is 1. The Bertz CT molecular complexity index is 637. The van der Waals surface area contributed by atoms with Crippen LogP contribution in [0.15, 0.2) is 35.4 Å². The highest BCUT2D eigenvalue weighted by molar-refractivity contribution is 7.13. The van der Waals surface area contributed by atoms with E-state index in [-0.39, 0.29) is 5.91 Å². The third kappa shape index (κ3) is 3.80. The van der Waals surface area contributed by atoms with Gasteiger partial charge in [-0.05, 0) is 37.3 Å². The molecule has 0 unspecified atom stereocenters. The van der Waals surface area contributed by atoms with Crippen LogP contribution in [-0.4, -0.2) is 12.1 Å². The molecular formula is C13H10Cl2N2OS. The smallest absolute Gasteiger partial charge is 0.267 e. The summed E-state index contributed by atoms with van der Waals surface area (Å²) in [4.78, 5) is 14.0. The number of benzene rings is 1. The van der Waals surface area contributed by atoms with Gasteiger partial charge >= 0.3 is 0 Å². The van der Waals surface area contributed by atoms with Crippen LogP contribution in [0.4, 0.5) is 0 Å². The first-order valence-corrected chi connectivity index (χ1v) is 6.98. The van der Waals surface area contributed by atoms with Crippen LogP contribution in [0.5, 0.6) is 0 Å². The number of amides is 1. The Kier molecular flexibility index (Phi) is 4.58. The van der Waals surface area contributed by atoms with Crippen LogP contribution in [0.1, 0.15) is 20.1 Å². The summed E-state index contributed by atoms with van der Waals surface area (Å²) in [6.07, 6.45) is 1.60. The van der Waals surface area contributed by atoms with E-state index < -0.39 is 0 Å². The van der Waals surface area contributed by atoms with Crippen molar-refractivity contribution in [1.82, 2.24) is 5.43 Å². The average molecular weight is 313 g/mol. The Morgan fingerprint density at radius 2 is 2.11 bits per heavy atom. The second-order valence-electron chi connectivity index (χ2n) is 3.77. The van der Waals surface area contributed by atoms with E-state index in [1.54, 1.807) is 29.7 Å². The summed E-state index contributed by atoms with van der Waals surface area (Å²) in [6.45, 7) is 2.01. The fourth-order valence-electron chi connectivity index (χ4n) is 1.41. The van der Waals surface area contributed by atoms with Gasteiger partial charge in [-0.15, -0.1) is 11.3 Å². The molecule has 1 amide bonds. The van der Waals surface area contributed by atoms with E-state index in [0.29, 0.717) is 15.6 Å². The monoisotopic (exact) mass is 312 g/mol. The summed E-state index contributed by atoms with van der Waals surface area (Å²) in [7, 11) is 0. The molecule has 0 aliphatic heterocycles. The molecule has 0 fully saturated rings. The first kappa shape index (κ1) is 14.1. The van der Waals surface area contributed by atoms with Crippen molar-refractivity contribution >= 4 is 46.7 Å².